The average molecular weight is 253 g/mol. The van der Waals surface area contributed by atoms with Gasteiger partial charge in [-0.25, -0.2) is 14.4 Å². The first-order valence-electron chi connectivity index (χ1n) is 4.66. The van der Waals surface area contributed by atoms with Gasteiger partial charge in [0.25, 0.3) is 0 Å². The van der Waals surface area contributed by atoms with Crippen LogP contribution in [0.3, 0.4) is 0 Å². The first-order valence-corrected chi connectivity index (χ1v) is 4.66. The van der Waals surface area contributed by atoms with E-state index < -0.39 is 28.1 Å². The molecule has 0 saturated heterocycles. The molecule has 0 saturated carbocycles. The first-order chi connectivity index (χ1) is 8.58. The van der Waals surface area contributed by atoms with Gasteiger partial charge in [-0.3, -0.25) is 10.1 Å². The van der Waals surface area contributed by atoms with Crippen LogP contribution in [0.4, 0.5) is 14.5 Å². The predicted molar refractivity (Wildman–Crippen MR) is 55.1 cm³/mol. The molecule has 2 aromatic rings. The van der Waals surface area contributed by atoms with Crippen molar-refractivity contribution >= 4 is 5.69 Å². The van der Waals surface area contributed by atoms with E-state index in [1.807, 2.05) is 0 Å². The van der Waals surface area contributed by atoms with E-state index in [0.717, 1.165) is 24.5 Å². The SMILES string of the molecule is O=[N+]([O-])c1cccc(F)c1Oc1cc(F)ncn1. The fourth-order valence-electron chi connectivity index (χ4n) is 1.22. The molecule has 0 fully saturated rings. The van der Waals surface area contributed by atoms with E-state index in [1.165, 1.54) is 6.07 Å². The van der Waals surface area contributed by atoms with Crippen LogP contribution >= 0.6 is 0 Å². The van der Waals surface area contributed by atoms with Crippen LogP contribution in [0.1, 0.15) is 0 Å². The topological polar surface area (TPSA) is 78.2 Å². The standard InChI is InChI=1S/C10H5F2N3O3/c11-6-2-1-3-7(15(16)17)10(6)18-9-4-8(12)13-5-14-9/h1-5H. The number of nitro benzene ring substituents is 1. The average Bonchev–Trinajstić information content (AvgIpc) is 2.31. The van der Waals surface area contributed by atoms with Crippen LogP contribution in [0.5, 0.6) is 11.6 Å². The zero-order valence-electron chi connectivity index (χ0n) is 8.71. The fourth-order valence-corrected chi connectivity index (χ4v) is 1.22. The lowest BCUT2D eigenvalue weighted by molar-refractivity contribution is -0.385. The number of ether oxygens (including phenoxy) is 1. The number of hydrogen-bond donors (Lipinski definition) is 0. The Hall–Kier alpha value is -2.64. The molecule has 1 aromatic heterocycles. The second-order valence-corrected chi connectivity index (χ2v) is 3.13. The molecular weight excluding hydrogens is 248 g/mol. The molecule has 0 aliphatic rings. The Bertz CT molecular complexity index is 607. The van der Waals surface area contributed by atoms with Crippen molar-refractivity contribution in [1.29, 1.82) is 0 Å². The Morgan fingerprint density at radius 3 is 2.72 bits per heavy atom. The monoisotopic (exact) mass is 253 g/mol. The van der Waals surface area contributed by atoms with Crippen LogP contribution in [0.25, 0.3) is 0 Å². The molecule has 0 aliphatic heterocycles. The highest BCUT2D eigenvalue weighted by Gasteiger charge is 2.20. The van der Waals surface area contributed by atoms with Gasteiger partial charge in [-0.1, -0.05) is 6.07 Å². The summed E-state index contributed by atoms with van der Waals surface area (Å²) in [5.74, 6) is -2.78. The van der Waals surface area contributed by atoms with Gasteiger partial charge in [0.15, 0.2) is 5.82 Å². The number of nitro groups is 1. The second kappa shape index (κ2) is 4.70. The van der Waals surface area contributed by atoms with Crippen LogP contribution in [0.15, 0.2) is 30.6 Å². The number of rotatable bonds is 3. The smallest absolute Gasteiger partial charge is 0.314 e. The number of halogens is 2. The maximum Gasteiger partial charge on any atom is 0.314 e. The van der Waals surface area contributed by atoms with Crippen molar-refractivity contribution in [1.82, 2.24) is 9.97 Å². The predicted octanol–water partition coefficient (Wildman–Crippen LogP) is 2.46. The summed E-state index contributed by atoms with van der Waals surface area (Å²) in [4.78, 5) is 16.6. The Labute approximate surface area is 99.0 Å². The minimum atomic E-state index is -0.941. The lowest BCUT2D eigenvalue weighted by Gasteiger charge is -2.05. The first kappa shape index (κ1) is 11.8. The summed E-state index contributed by atoms with van der Waals surface area (Å²) in [7, 11) is 0. The van der Waals surface area contributed by atoms with Crippen molar-refractivity contribution in [3.8, 4) is 11.6 Å². The van der Waals surface area contributed by atoms with Crippen molar-refractivity contribution in [2.24, 2.45) is 0 Å². The van der Waals surface area contributed by atoms with Crippen molar-refractivity contribution in [3.05, 3.63) is 52.5 Å². The van der Waals surface area contributed by atoms with Crippen LogP contribution in [-0.2, 0) is 0 Å². The molecule has 8 heteroatoms. The van der Waals surface area contributed by atoms with E-state index in [0.29, 0.717) is 0 Å². The van der Waals surface area contributed by atoms with Gasteiger partial charge in [0.05, 0.1) is 11.0 Å². The Morgan fingerprint density at radius 1 is 1.28 bits per heavy atom. The third-order valence-corrected chi connectivity index (χ3v) is 1.96. The van der Waals surface area contributed by atoms with Gasteiger partial charge in [-0.15, -0.1) is 0 Å². The number of aromatic nitrogens is 2. The quantitative estimate of drug-likeness (QED) is 0.477. The fraction of sp³-hybridized carbons (Fsp3) is 0. The summed E-state index contributed by atoms with van der Waals surface area (Å²) >= 11 is 0. The van der Waals surface area contributed by atoms with Crippen molar-refractivity contribution in [2.45, 2.75) is 0 Å². The molecule has 0 bridgehead atoms. The summed E-state index contributed by atoms with van der Waals surface area (Å²) in [6, 6.07) is 4.01. The summed E-state index contributed by atoms with van der Waals surface area (Å²) in [6.07, 6.45) is 0.858. The Kier molecular flexibility index (Phi) is 3.09. The Balaban J connectivity index is 2.42. The summed E-state index contributed by atoms with van der Waals surface area (Å²) in [5.41, 5.74) is -0.575. The zero-order valence-corrected chi connectivity index (χ0v) is 8.71. The summed E-state index contributed by atoms with van der Waals surface area (Å²) < 4.78 is 31.1. The molecule has 18 heavy (non-hydrogen) atoms. The molecule has 0 radical (unpaired) electrons. The minimum absolute atomic E-state index is 0.323. The van der Waals surface area contributed by atoms with Gasteiger partial charge in [0.2, 0.25) is 17.6 Å². The molecule has 0 unspecified atom stereocenters. The van der Waals surface area contributed by atoms with E-state index >= 15 is 0 Å². The van der Waals surface area contributed by atoms with E-state index in [9.17, 15) is 18.9 Å². The van der Waals surface area contributed by atoms with Crippen molar-refractivity contribution in [2.75, 3.05) is 0 Å². The van der Waals surface area contributed by atoms with E-state index in [-0.39, 0.29) is 5.88 Å². The molecule has 1 heterocycles. The third kappa shape index (κ3) is 2.37. The van der Waals surface area contributed by atoms with Crippen LogP contribution in [0, 0.1) is 21.9 Å². The van der Waals surface area contributed by atoms with Gasteiger partial charge >= 0.3 is 5.69 Å². The number of benzene rings is 1. The number of hydrogen-bond acceptors (Lipinski definition) is 5. The van der Waals surface area contributed by atoms with Crippen LogP contribution < -0.4 is 4.74 Å². The molecule has 0 spiro atoms. The molecule has 6 nitrogen and oxygen atoms in total. The molecule has 1 aromatic carbocycles. The largest absolute Gasteiger partial charge is 0.428 e. The van der Waals surface area contributed by atoms with Crippen molar-refractivity contribution in [3.63, 3.8) is 0 Å². The number of para-hydroxylation sites is 1. The van der Waals surface area contributed by atoms with Gasteiger partial charge in [0.1, 0.15) is 6.33 Å². The van der Waals surface area contributed by atoms with Gasteiger partial charge in [0, 0.05) is 6.07 Å². The van der Waals surface area contributed by atoms with E-state index in [1.54, 1.807) is 0 Å². The molecule has 92 valence electrons. The van der Waals surface area contributed by atoms with E-state index in [2.05, 4.69) is 9.97 Å². The summed E-state index contributed by atoms with van der Waals surface area (Å²) in [6.45, 7) is 0. The molecule has 0 amide bonds. The van der Waals surface area contributed by atoms with Crippen LogP contribution in [-0.4, -0.2) is 14.9 Å². The Morgan fingerprint density at radius 2 is 2.06 bits per heavy atom. The lowest BCUT2D eigenvalue weighted by Crippen LogP contribution is -1.98. The highest BCUT2D eigenvalue weighted by Crippen LogP contribution is 2.32. The minimum Gasteiger partial charge on any atom is -0.428 e. The molecule has 0 atom stereocenters. The maximum atomic E-state index is 13.4. The van der Waals surface area contributed by atoms with Crippen molar-refractivity contribution < 1.29 is 18.4 Å². The molecule has 0 N–H and O–H groups in total. The van der Waals surface area contributed by atoms with Gasteiger partial charge in [-0.2, -0.15) is 4.39 Å². The van der Waals surface area contributed by atoms with Gasteiger partial charge in [-0.05, 0) is 6.07 Å². The second-order valence-electron chi connectivity index (χ2n) is 3.13. The number of nitrogens with zero attached hydrogens (tertiary/aromatic N) is 3. The maximum absolute atomic E-state index is 13.4. The van der Waals surface area contributed by atoms with E-state index in [4.69, 9.17) is 4.74 Å². The summed E-state index contributed by atoms with van der Waals surface area (Å²) in [5, 5.41) is 10.7. The normalized spacial score (nSPS) is 10.1. The third-order valence-electron chi connectivity index (χ3n) is 1.96. The van der Waals surface area contributed by atoms with Crippen LogP contribution in [0.2, 0.25) is 0 Å². The molecule has 2 rings (SSSR count). The molecule has 0 aliphatic carbocycles. The lowest BCUT2D eigenvalue weighted by atomic mass is 10.3. The highest BCUT2D eigenvalue weighted by molar-refractivity contribution is 5.48. The van der Waals surface area contributed by atoms with Gasteiger partial charge < -0.3 is 4.74 Å². The highest BCUT2D eigenvalue weighted by atomic mass is 19.1. The zero-order chi connectivity index (χ0) is 13.1. The molecular formula is C10H5F2N3O3.